The second kappa shape index (κ2) is 4.46. The summed E-state index contributed by atoms with van der Waals surface area (Å²) in [4.78, 5) is 4.27. The van der Waals surface area contributed by atoms with Crippen molar-refractivity contribution in [3.8, 4) is 0 Å². The smallest absolute Gasteiger partial charge is 0.123 e. The van der Waals surface area contributed by atoms with Crippen LogP contribution in [0, 0.1) is 5.82 Å². The molecule has 3 rings (SSSR count). The predicted octanol–water partition coefficient (Wildman–Crippen LogP) is 2.33. The minimum Gasteiger partial charge on any atom is -0.385 e. The quantitative estimate of drug-likeness (QED) is 0.919. The third-order valence-electron chi connectivity index (χ3n) is 4.06. The van der Waals surface area contributed by atoms with Crippen LogP contribution in [0.1, 0.15) is 29.8 Å². The molecule has 1 N–H and O–H groups in total. The van der Waals surface area contributed by atoms with E-state index < -0.39 is 5.60 Å². The van der Waals surface area contributed by atoms with Gasteiger partial charge in [-0.25, -0.2) is 9.37 Å². The SMILES string of the molecule is Cn1ccnc1CCC1(O)CCc2cc(F)ccc21. The number of imidazole rings is 1. The van der Waals surface area contributed by atoms with Crippen molar-refractivity contribution >= 4 is 0 Å². The van der Waals surface area contributed by atoms with Crippen molar-refractivity contribution in [3.63, 3.8) is 0 Å². The number of fused-ring (bicyclic) bond motifs is 1. The third-order valence-corrected chi connectivity index (χ3v) is 4.06. The number of hydrogen-bond donors (Lipinski definition) is 1. The lowest BCUT2D eigenvalue weighted by atomic mass is 9.91. The van der Waals surface area contributed by atoms with E-state index in [4.69, 9.17) is 0 Å². The number of aliphatic hydroxyl groups is 1. The van der Waals surface area contributed by atoms with E-state index in [0.29, 0.717) is 12.8 Å². The molecule has 19 heavy (non-hydrogen) atoms. The number of aromatic nitrogens is 2. The van der Waals surface area contributed by atoms with Crippen molar-refractivity contribution in [2.75, 3.05) is 0 Å². The largest absolute Gasteiger partial charge is 0.385 e. The number of halogens is 1. The van der Waals surface area contributed by atoms with Gasteiger partial charge in [0.1, 0.15) is 11.6 Å². The summed E-state index contributed by atoms with van der Waals surface area (Å²) in [5.41, 5.74) is 0.972. The van der Waals surface area contributed by atoms with E-state index in [2.05, 4.69) is 4.98 Å². The number of rotatable bonds is 3. The zero-order valence-electron chi connectivity index (χ0n) is 10.9. The van der Waals surface area contributed by atoms with E-state index >= 15 is 0 Å². The summed E-state index contributed by atoms with van der Waals surface area (Å²) in [6.45, 7) is 0. The molecule has 1 atom stereocenters. The van der Waals surface area contributed by atoms with Crippen LogP contribution in [0.4, 0.5) is 4.39 Å². The Kier molecular flexibility index (Phi) is 2.90. The van der Waals surface area contributed by atoms with Crippen molar-refractivity contribution in [2.45, 2.75) is 31.3 Å². The molecule has 1 aromatic carbocycles. The summed E-state index contributed by atoms with van der Waals surface area (Å²) in [6.07, 6.45) is 6.41. The second-order valence-electron chi connectivity index (χ2n) is 5.29. The molecule has 1 aliphatic rings. The maximum atomic E-state index is 13.2. The van der Waals surface area contributed by atoms with E-state index in [9.17, 15) is 9.50 Å². The highest BCUT2D eigenvalue weighted by molar-refractivity contribution is 5.37. The Morgan fingerprint density at radius 3 is 3.05 bits per heavy atom. The van der Waals surface area contributed by atoms with Crippen LogP contribution < -0.4 is 0 Å². The van der Waals surface area contributed by atoms with Crippen LogP contribution in [0.15, 0.2) is 30.6 Å². The molecule has 0 amide bonds. The first-order chi connectivity index (χ1) is 9.08. The van der Waals surface area contributed by atoms with Crippen LogP contribution in [-0.4, -0.2) is 14.7 Å². The van der Waals surface area contributed by atoms with Gasteiger partial charge in [-0.1, -0.05) is 6.07 Å². The second-order valence-corrected chi connectivity index (χ2v) is 5.29. The fourth-order valence-corrected chi connectivity index (χ4v) is 2.91. The maximum absolute atomic E-state index is 13.2. The van der Waals surface area contributed by atoms with Crippen molar-refractivity contribution in [1.29, 1.82) is 0 Å². The summed E-state index contributed by atoms with van der Waals surface area (Å²) in [6, 6.07) is 4.68. The molecule has 0 bridgehead atoms. The molecule has 4 heteroatoms. The van der Waals surface area contributed by atoms with Gasteiger partial charge in [0.15, 0.2) is 0 Å². The van der Waals surface area contributed by atoms with Crippen LogP contribution in [-0.2, 0) is 25.5 Å². The Morgan fingerprint density at radius 2 is 2.32 bits per heavy atom. The molecule has 0 saturated heterocycles. The van der Waals surface area contributed by atoms with E-state index in [-0.39, 0.29) is 5.82 Å². The third kappa shape index (κ3) is 2.16. The molecular weight excluding hydrogens is 243 g/mol. The summed E-state index contributed by atoms with van der Waals surface area (Å²) in [5.74, 6) is 0.732. The minimum absolute atomic E-state index is 0.230. The van der Waals surface area contributed by atoms with Gasteiger partial charge in [0.25, 0.3) is 0 Å². The predicted molar refractivity (Wildman–Crippen MR) is 70.1 cm³/mol. The Balaban J connectivity index is 1.81. The number of aryl methyl sites for hydroxylation is 3. The average Bonchev–Trinajstić information content (AvgIpc) is 2.92. The van der Waals surface area contributed by atoms with Gasteiger partial charge < -0.3 is 9.67 Å². The van der Waals surface area contributed by atoms with Gasteiger partial charge >= 0.3 is 0 Å². The normalized spacial score (nSPS) is 21.6. The topological polar surface area (TPSA) is 38.0 Å². The highest BCUT2D eigenvalue weighted by Crippen LogP contribution is 2.40. The Hall–Kier alpha value is -1.68. The van der Waals surface area contributed by atoms with Crippen molar-refractivity contribution in [1.82, 2.24) is 9.55 Å². The summed E-state index contributed by atoms with van der Waals surface area (Å²) in [7, 11) is 1.95. The highest BCUT2D eigenvalue weighted by Gasteiger charge is 2.36. The fraction of sp³-hybridized carbons (Fsp3) is 0.400. The fourth-order valence-electron chi connectivity index (χ4n) is 2.91. The molecule has 2 aromatic rings. The van der Waals surface area contributed by atoms with Gasteiger partial charge in [0, 0.05) is 25.9 Å². The number of hydrogen-bond acceptors (Lipinski definition) is 2. The first-order valence-electron chi connectivity index (χ1n) is 6.56. The van der Waals surface area contributed by atoms with Crippen LogP contribution >= 0.6 is 0 Å². The van der Waals surface area contributed by atoms with Crippen molar-refractivity contribution in [3.05, 3.63) is 53.4 Å². The molecule has 3 nitrogen and oxygen atoms in total. The Labute approximate surface area is 111 Å². The first kappa shape index (κ1) is 12.4. The van der Waals surface area contributed by atoms with Crippen LogP contribution in [0.5, 0.6) is 0 Å². The lowest BCUT2D eigenvalue weighted by molar-refractivity contribution is 0.0291. The van der Waals surface area contributed by atoms with Gasteiger partial charge in [-0.15, -0.1) is 0 Å². The molecule has 0 saturated carbocycles. The first-order valence-corrected chi connectivity index (χ1v) is 6.56. The molecule has 0 spiro atoms. The molecule has 0 radical (unpaired) electrons. The molecule has 1 aliphatic carbocycles. The van der Waals surface area contributed by atoms with Gasteiger partial charge in [0.2, 0.25) is 0 Å². The van der Waals surface area contributed by atoms with Crippen LogP contribution in [0.3, 0.4) is 0 Å². The Morgan fingerprint density at radius 1 is 1.47 bits per heavy atom. The summed E-state index contributed by atoms with van der Waals surface area (Å²) in [5, 5.41) is 10.8. The van der Waals surface area contributed by atoms with Crippen LogP contribution in [0.2, 0.25) is 0 Å². The standard InChI is InChI=1S/C15H17FN2O/c1-18-9-8-17-14(18)5-7-15(19)6-4-11-10-12(16)2-3-13(11)15/h2-3,8-10,19H,4-7H2,1H3. The maximum Gasteiger partial charge on any atom is 0.123 e. The molecule has 0 aliphatic heterocycles. The van der Waals surface area contributed by atoms with Crippen LogP contribution in [0.25, 0.3) is 0 Å². The molecule has 100 valence electrons. The molecule has 1 unspecified atom stereocenters. The zero-order chi connectivity index (χ0) is 13.5. The summed E-state index contributed by atoms with van der Waals surface area (Å²) < 4.78 is 15.1. The van der Waals surface area contributed by atoms with Gasteiger partial charge in [0.05, 0.1) is 5.60 Å². The van der Waals surface area contributed by atoms with Gasteiger partial charge in [-0.2, -0.15) is 0 Å². The summed E-state index contributed by atoms with van der Waals surface area (Å²) >= 11 is 0. The van der Waals surface area contributed by atoms with E-state index in [0.717, 1.165) is 29.8 Å². The number of benzene rings is 1. The molecular formula is C15H17FN2O. The van der Waals surface area contributed by atoms with Gasteiger partial charge in [-0.3, -0.25) is 0 Å². The van der Waals surface area contributed by atoms with E-state index in [1.165, 1.54) is 12.1 Å². The molecule has 0 fully saturated rings. The minimum atomic E-state index is -0.838. The zero-order valence-corrected chi connectivity index (χ0v) is 10.9. The number of nitrogens with zero attached hydrogens (tertiary/aromatic N) is 2. The van der Waals surface area contributed by atoms with Crippen molar-refractivity contribution in [2.24, 2.45) is 7.05 Å². The monoisotopic (exact) mass is 260 g/mol. The lowest BCUT2D eigenvalue weighted by Gasteiger charge is -2.23. The molecule has 1 aromatic heterocycles. The van der Waals surface area contributed by atoms with Gasteiger partial charge in [-0.05, 0) is 42.5 Å². The lowest BCUT2D eigenvalue weighted by Crippen LogP contribution is -2.23. The van der Waals surface area contributed by atoms with Crippen molar-refractivity contribution < 1.29 is 9.50 Å². The highest BCUT2D eigenvalue weighted by atomic mass is 19.1. The molecule has 1 heterocycles. The van der Waals surface area contributed by atoms with E-state index in [1.54, 1.807) is 12.3 Å². The Bertz CT molecular complexity index is 608. The average molecular weight is 260 g/mol. The van der Waals surface area contributed by atoms with E-state index in [1.807, 2.05) is 17.8 Å².